The van der Waals surface area contributed by atoms with Gasteiger partial charge in [-0.25, -0.2) is 4.98 Å². The van der Waals surface area contributed by atoms with Crippen LogP contribution in [0.4, 0.5) is 0 Å². The third-order valence-electron chi connectivity index (χ3n) is 4.82. The number of rotatable bonds is 4. The fraction of sp³-hybridized carbons (Fsp3) is 0.368. The first-order valence-electron chi connectivity index (χ1n) is 8.41. The molecule has 24 heavy (non-hydrogen) atoms. The number of nitrogens with zero attached hydrogens (tertiary/aromatic N) is 3. The summed E-state index contributed by atoms with van der Waals surface area (Å²) >= 11 is 0. The third kappa shape index (κ3) is 2.60. The van der Waals surface area contributed by atoms with Gasteiger partial charge in [-0.1, -0.05) is 0 Å². The molecule has 1 amide bonds. The Labute approximate surface area is 141 Å². The third-order valence-corrected chi connectivity index (χ3v) is 4.82. The van der Waals surface area contributed by atoms with Gasteiger partial charge in [0.15, 0.2) is 0 Å². The highest BCUT2D eigenvalue weighted by Crippen LogP contribution is 2.36. The van der Waals surface area contributed by atoms with Gasteiger partial charge < -0.3 is 14.5 Å². The first kappa shape index (κ1) is 15.0. The summed E-state index contributed by atoms with van der Waals surface area (Å²) in [5, 5.41) is 0. The Morgan fingerprint density at radius 1 is 1.33 bits per heavy atom. The van der Waals surface area contributed by atoms with Crippen molar-refractivity contribution >= 4 is 16.9 Å². The van der Waals surface area contributed by atoms with E-state index in [1.165, 1.54) is 24.0 Å². The van der Waals surface area contributed by atoms with Crippen LogP contribution in [0.5, 0.6) is 0 Å². The molecule has 1 saturated carbocycles. The average Bonchev–Trinajstić information content (AvgIpc) is 3.15. The van der Waals surface area contributed by atoms with Crippen LogP contribution < -0.4 is 0 Å². The van der Waals surface area contributed by atoms with Crippen molar-refractivity contribution in [3.63, 3.8) is 0 Å². The van der Waals surface area contributed by atoms with Gasteiger partial charge in [-0.15, -0.1) is 0 Å². The maximum atomic E-state index is 12.8. The Bertz CT molecular complexity index is 878. The molecule has 124 valence electrons. The lowest BCUT2D eigenvalue weighted by Gasteiger charge is -2.17. The predicted octanol–water partition coefficient (Wildman–Crippen LogP) is 3.59. The van der Waals surface area contributed by atoms with Crippen LogP contribution in [0, 0.1) is 13.8 Å². The molecular weight excluding hydrogens is 300 g/mol. The minimum atomic E-state index is 0.0414. The highest BCUT2D eigenvalue weighted by atomic mass is 16.2. The molecule has 0 atom stereocenters. The molecule has 1 aliphatic rings. The molecule has 4 rings (SSSR count). The fourth-order valence-corrected chi connectivity index (χ4v) is 3.14. The molecule has 0 saturated heterocycles. The smallest absolute Gasteiger partial charge is 0.270 e. The van der Waals surface area contributed by atoms with Gasteiger partial charge in [0.1, 0.15) is 11.5 Å². The lowest BCUT2D eigenvalue weighted by Crippen LogP contribution is -2.28. The fourth-order valence-electron chi connectivity index (χ4n) is 3.14. The van der Waals surface area contributed by atoms with Gasteiger partial charge in [0.2, 0.25) is 0 Å². The average molecular weight is 322 g/mol. The van der Waals surface area contributed by atoms with Crippen LogP contribution in [0.15, 0.2) is 30.5 Å². The SMILES string of the molecule is Cc1cc2nc(CN(C)C(=O)c3cccn3C3CC3)[nH]c2cc1C. The molecule has 2 heterocycles. The molecule has 1 fully saturated rings. The zero-order chi connectivity index (χ0) is 16.8. The van der Waals surface area contributed by atoms with E-state index in [-0.39, 0.29) is 5.91 Å². The summed E-state index contributed by atoms with van der Waals surface area (Å²) in [6.07, 6.45) is 4.34. The van der Waals surface area contributed by atoms with Gasteiger partial charge in [0.05, 0.1) is 17.6 Å². The molecule has 1 N–H and O–H groups in total. The molecule has 0 aliphatic heterocycles. The molecule has 0 bridgehead atoms. The van der Waals surface area contributed by atoms with E-state index in [9.17, 15) is 4.79 Å². The summed E-state index contributed by atoms with van der Waals surface area (Å²) in [5.74, 6) is 0.857. The van der Waals surface area contributed by atoms with Gasteiger partial charge in [-0.2, -0.15) is 0 Å². The largest absolute Gasteiger partial charge is 0.340 e. The number of hydrogen-bond acceptors (Lipinski definition) is 2. The molecule has 5 nitrogen and oxygen atoms in total. The second-order valence-electron chi connectivity index (χ2n) is 6.83. The molecule has 5 heteroatoms. The Hall–Kier alpha value is -2.56. The minimum absolute atomic E-state index is 0.0414. The van der Waals surface area contributed by atoms with Crippen molar-refractivity contribution in [2.24, 2.45) is 0 Å². The van der Waals surface area contributed by atoms with E-state index in [1.54, 1.807) is 4.90 Å². The lowest BCUT2D eigenvalue weighted by molar-refractivity contribution is 0.0771. The van der Waals surface area contributed by atoms with E-state index in [1.807, 2.05) is 25.4 Å². The van der Waals surface area contributed by atoms with Crippen molar-refractivity contribution in [2.45, 2.75) is 39.3 Å². The van der Waals surface area contributed by atoms with Crippen LogP contribution in [0.1, 0.15) is 46.3 Å². The summed E-state index contributed by atoms with van der Waals surface area (Å²) in [4.78, 5) is 22.4. The van der Waals surface area contributed by atoms with Gasteiger partial charge in [-0.3, -0.25) is 4.79 Å². The van der Waals surface area contributed by atoms with Crippen molar-refractivity contribution in [3.8, 4) is 0 Å². The number of hydrogen-bond donors (Lipinski definition) is 1. The van der Waals surface area contributed by atoms with Crippen LogP contribution in [-0.4, -0.2) is 32.4 Å². The minimum Gasteiger partial charge on any atom is -0.340 e. The van der Waals surface area contributed by atoms with E-state index >= 15 is 0 Å². The molecule has 1 aromatic carbocycles. The van der Waals surface area contributed by atoms with Crippen LogP contribution >= 0.6 is 0 Å². The Morgan fingerprint density at radius 2 is 2.08 bits per heavy atom. The van der Waals surface area contributed by atoms with E-state index in [0.717, 1.165) is 22.6 Å². The Kier molecular flexibility index (Phi) is 3.44. The molecule has 2 aromatic heterocycles. The van der Waals surface area contributed by atoms with Crippen molar-refractivity contribution in [3.05, 3.63) is 53.1 Å². The number of H-pyrrole nitrogens is 1. The molecular formula is C19H22N4O. The number of benzene rings is 1. The van der Waals surface area contributed by atoms with E-state index < -0.39 is 0 Å². The molecule has 1 aliphatic carbocycles. The first-order valence-corrected chi connectivity index (χ1v) is 8.41. The predicted molar refractivity (Wildman–Crippen MR) is 94.1 cm³/mol. The van der Waals surface area contributed by atoms with Gasteiger partial charge in [0.25, 0.3) is 5.91 Å². The van der Waals surface area contributed by atoms with Gasteiger partial charge in [0, 0.05) is 19.3 Å². The molecule has 0 radical (unpaired) electrons. The van der Waals surface area contributed by atoms with E-state index in [4.69, 9.17) is 0 Å². The highest BCUT2D eigenvalue weighted by molar-refractivity contribution is 5.92. The van der Waals surface area contributed by atoms with Gasteiger partial charge >= 0.3 is 0 Å². The summed E-state index contributed by atoms with van der Waals surface area (Å²) in [7, 11) is 1.83. The van der Waals surface area contributed by atoms with Crippen molar-refractivity contribution < 1.29 is 4.79 Å². The summed E-state index contributed by atoms with van der Waals surface area (Å²) in [5.41, 5.74) is 5.21. The summed E-state index contributed by atoms with van der Waals surface area (Å²) < 4.78 is 2.10. The number of aryl methyl sites for hydroxylation is 2. The number of aromatic amines is 1. The number of nitrogens with one attached hydrogen (secondary N) is 1. The van der Waals surface area contributed by atoms with Crippen molar-refractivity contribution in [2.75, 3.05) is 7.05 Å². The van der Waals surface area contributed by atoms with E-state index in [0.29, 0.717) is 12.6 Å². The van der Waals surface area contributed by atoms with Crippen LogP contribution in [0.3, 0.4) is 0 Å². The first-order chi connectivity index (χ1) is 11.5. The standard InChI is InChI=1S/C19H22N4O/c1-12-9-15-16(10-13(12)2)21-18(20-15)11-22(3)19(24)17-5-4-8-23(17)14-6-7-14/h4-5,8-10,14H,6-7,11H2,1-3H3,(H,20,21). The summed E-state index contributed by atoms with van der Waals surface area (Å²) in [6.45, 7) is 4.66. The topological polar surface area (TPSA) is 53.9 Å². The summed E-state index contributed by atoms with van der Waals surface area (Å²) in [6, 6.07) is 8.56. The number of amides is 1. The lowest BCUT2D eigenvalue weighted by atomic mass is 10.1. The van der Waals surface area contributed by atoms with Crippen LogP contribution in [0.25, 0.3) is 11.0 Å². The number of carbonyl (C=O) groups is 1. The maximum Gasteiger partial charge on any atom is 0.270 e. The number of imidazole rings is 1. The van der Waals surface area contributed by atoms with Crippen molar-refractivity contribution in [1.29, 1.82) is 0 Å². The second-order valence-corrected chi connectivity index (χ2v) is 6.83. The van der Waals surface area contributed by atoms with Crippen molar-refractivity contribution in [1.82, 2.24) is 19.4 Å². The van der Waals surface area contributed by atoms with Gasteiger partial charge in [-0.05, 0) is 62.1 Å². The molecule has 3 aromatic rings. The Balaban J connectivity index is 1.56. The number of fused-ring (bicyclic) bond motifs is 1. The quantitative estimate of drug-likeness (QED) is 0.798. The van der Waals surface area contributed by atoms with Crippen LogP contribution in [-0.2, 0) is 6.54 Å². The zero-order valence-corrected chi connectivity index (χ0v) is 14.3. The second kappa shape index (κ2) is 5.51. The Morgan fingerprint density at radius 3 is 2.83 bits per heavy atom. The maximum absolute atomic E-state index is 12.8. The van der Waals surface area contributed by atoms with Crippen LogP contribution in [0.2, 0.25) is 0 Å². The zero-order valence-electron chi connectivity index (χ0n) is 14.3. The molecule has 0 spiro atoms. The molecule has 0 unspecified atom stereocenters. The number of aromatic nitrogens is 3. The highest BCUT2D eigenvalue weighted by Gasteiger charge is 2.27. The normalized spacial score (nSPS) is 14.3. The number of carbonyl (C=O) groups excluding carboxylic acids is 1. The van der Waals surface area contributed by atoms with E-state index in [2.05, 4.69) is 40.5 Å². The monoisotopic (exact) mass is 322 g/mol.